The zero-order valence-electron chi connectivity index (χ0n) is 13.5. The predicted molar refractivity (Wildman–Crippen MR) is 94.3 cm³/mol. The highest BCUT2D eigenvalue weighted by molar-refractivity contribution is 7.10. The highest BCUT2D eigenvalue weighted by Crippen LogP contribution is 2.32. The molecule has 0 radical (unpaired) electrons. The van der Waals surface area contributed by atoms with E-state index in [0.29, 0.717) is 19.2 Å². The van der Waals surface area contributed by atoms with Gasteiger partial charge in [0.25, 0.3) is 0 Å². The molecule has 1 amide bonds. The minimum atomic E-state index is 0.0275. The molecule has 0 unspecified atom stereocenters. The van der Waals surface area contributed by atoms with E-state index in [4.69, 9.17) is 4.74 Å². The van der Waals surface area contributed by atoms with Gasteiger partial charge < -0.3 is 10.1 Å². The molecule has 122 valence electrons. The Morgan fingerprint density at radius 3 is 2.87 bits per heavy atom. The van der Waals surface area contributed by atoms with Gasteiger partial charge in [-0.25, -0.2) is 0 Å². The second-order valence-electron chi connectivity index (χ2n) is 5.70. The smallest absolute Gasteiger partial charge is 0.238 e. The van der Waals surface area contributed by atoms with Crippen LogP contribution >= 0.6 is 11.3 Å². The molecule has 5 heteroatoms. The van der Waals surface area contributed by atoms with E-state index >= 15 is 0 Å². The van der Waals surface area contributed by atoms with Crippen molar-refractivity contribution in [2.24, 2.45) is 0 Å². The maximum atomic E-state index is 12.3. The van der Waals surface area contributed by atoms with E-state index in [1.807, 2.05) is 42.5 Å². The topological polar surface area (TPSA) is 41.6 Å². The van der Waals surface area contributed by atoms with Gasteiger partial charge in [0, 0.05) is 23.2 Å². The first-order valence-corrected chi connectivity index (χ1v) is 8.88. The molecular formula is C18H22N2O2S. The van der Waals surface area contributed by atoms with Gasteiger partial charge in [-0.2, -0.15) is 0 Å². The number of nitrogens with zero attached hydrogens (tertiary/aromatic N) is 1. The molecule has 1 atom stereocenters. The third-order valence-electron chi connectivity index (χ3n) is 4.20. The Hall–Kier alpha value is -1.85. The number of rotatable bonds is 5. The number of hydrogen-bond donors (Lipinski definition) is 1. The maximum absolute atomic E-state index is 12.3. The van der Waals surface area contributed by atoms with Crippen LogP contribution in [0.4, 0.5) is 5.69 Å². The third-order valence-corrected chi connectivity index (χ3v) is 5.20. The molecule has 2 heterocycles. The lowest BCUT2D eigenvalue weighted by atomic mass is 10.0. The second kappa shape index (κ2) is 7.15. The summed E-state index contributed by atoms with van der Waals surface area (Å²) in [5.41, 5.74) is 2.18. The molecule has 1 aromatic heterocycles. The lowest BCUT2D eigenvalue weighted by molar-refractivity contribution is -0.117. The number of thiophene rings is 1. The van der Waals surface area contributed by atoms with E-state index < -0.39 is 0 Å². The molecular weight excluding hydrogens is 308 g/mol. The van der Waals surface area contributed by atoms with Crippen molar-refractivity contribution >= 4 is 22.9 Å². The number of fused-ring (bicyclic) bond motifs is 1. The number of carbonyl (C=O) groups is 1. The Labute approximate surface area is 141 Å². The zero-order chi connectivity index (χ0) is 16.2. The summed E-state index contributed by atoms with van der Waals surface area (Å²) in [5.74, 6) is 0.847. The SMILES string of the molecule is CCOc1ccc(NC(=O)CN2CCc3sccc3[C@@H]2C)cc1. The molecule has 2 aromatic rings. The molecule has 0 fully saturated rings. The molecule has 0 saturated carbocycles. The van der Waals surface area contributed by atoms with Crippen molar-refractivity contribution in [1.29, 1.82) is 0 Å². The third kappa shape index (κ3) is 3.74. The van der Waals surface area contributed by atoms with Crippen molar-refractivity contribution in [3.63, 3.8) is 0 Å². The van der Waals surface area contributed by atoms with Crippen LogP contribution in [0.25, 0.3) is 0 Å². The second-order valence-corrected chi connectivity index (χ2v) is 6.70. The monoisotopic (exact) mass is 330 g/mol. The Kier molecular flexibility index (Phi) is 4.98. The number of amides is 1. The Balaban J connectivity index is 1.57. The first-order chi connectivity index (χ1) is 11.2. The Bertz CT molecular complexity index is 666. The van der Waals surface area contributed by atoms with Crippen molar-refractivity contribution in [3.8, 4) is 5.75 Å². The van der Waals surface area contributed by atoms with Gasteiger partial charge in [0.2, 0.25) is 5.91 Å². The largest absolute Gasteiger partial charge is 0.494 e. The molecule has 3 rings (SSSR count). The van der Waals surface area contributed by atoms with Gasteiger partial charge in [-0.15, -0.1) is 11.3 Å². The minimum Gasteiger partial charge on any atom is -0.494 e. The summed E-state index contributed by atoms with van der Waals surface area (Å²) in [6.07, 6.45) is 1.04. The van der Waals surface area contributed by atoms with Crippen molar-refractivity contribution < 1.29 is 9.53 Å². The molecule has 0 bridgehead atoms. The summed E-state index contributed by atoms with van der Waals surface area (Å²) in [4.78, 5) is 16.0. The quantitative estimate of drug-likeness (QED) is 0.909. The van der Waals surface area contributed by atoms with Crippen molar-refractivity contribution in [3.05, 3.63) is 46.2 Å². The molecule has 4 nitrogen and oxygen atoms in total. The number of nitrogens with one attached hydrogen (secondary N) is 1. The molecule has 0 aliphatic carbocycles. The van der Waals surface area contributed by atoms with Crippen molar-refractivity contribution in [1.82, 2.24) is 4.90 Å². The predicted octanol–water partition coefficient (Wildman–Crippen LogP) is 3.70. The van der Waals surface area contributed by atoms with E-state index in [-0.39, 0.29) is 5.91 Å². The first kappa shape index (κ1) is 16.0. The maximum Gasteiger partial charge on any atom is 0.238 e. The molecule has 23 heavy (non-hydrogen) atoms. The van der Waals surface area contributed by atoms with Crippen LogP contribution in [0.1, 0.15) is 30.3 Å². The van der Waals surface area contributed by atoms with Gasteiger partial charge in [0.15, 0.2) is 0 Å². The van der Waals surface area contributed by atoms with E-state index in [2.05, 4.69) is 28.6 Å². The summed E-state index contributed by atoms with van der Waals surface area (Å²) >= 11 is 1.82. The molecule has 1 aliphatic rings. The highest BCUT2D eigenvalue weighted by Gasteiger charge is 2.26. The first-order valence-electron chi connectivity index (χ1n) is 8.00. The average Bonchev–Trinajstić information content (AvgIpc) is 3.02. The highest BCUT2D eigenvalue weighted by atomic mass is 32.1. The van der Waals surface area contributed by atoms with Crippen molar-refractivity contribution in [2.75, 3.05) is 25.0 Å². The lowest BCUT2D eigenvalue weighted by Gasteiger charge is -2.32. The van der Waals surface area contributed by atoms with Crippen LogP contribution in [0.3, 0.4) is 0 Å². The summed E-state index contributed by atoms with van der Waals surface area (Å²) in [6.45, 7) is 6.13. The van der Waals surface area contributed by atoms with E-state index in [9.17, 15) is 4.79 Å². The number of benzene rings is 1. The molecule has 0 saturated heterocycles. The van der Waals surface area contributed by atoms with Crippen LogP contribution in [0, 0.1) is 0 Å². The van der Waals surface area contributed by atoms with Crippen molar-refractivity contribution in [2.45, 2.75) is 26.3 Å². The number of ether oxygens (including phenoxy) is 1. The van der Waals surface area contributed by atoms with Gasteiger partial charge >= 0.3 is 0 Å². The van der Waals surface area contributed by atoms with Gasteiger partial charge in [-0.1, -0.05) is 0 Å². The van der Waals surface area contributed by atoms with Gasteiger partial charge in [0.05, 0.1) is 13.2 Å². The fourth-order valence-electron chi connectivity index (χ4n) is 2.96. The normalized spacial score (nSPS) is 17.6. The summed E-state index contributed by atoms with van der Waals surface area (Å²) in [6, 6.07) is 9.98. The fourth-order valence-corrected chi connectivity index (χ4v) is 3.93. The Morgan fingerprint density at radius 2 is 2.13 bits per heavy atom. The average molecular weight is 330 g/mol. The molecule has 1 aromatic carbocycles. The molecule has 1 N–H and O–H groups in total. The number of carbonyl (C=O) groups excluding carboxylic acids is 1. The van der Waals surface area contributed by atoms with Crippen LogP contribution in [-0.2, 0) is 11.2 Å². The van der Waals surface area contributed by atoms with E-state index in [1.54, 1.807) is 0 Å². The van der Waals surface area contributed by atoms with Gasteiger partial charge in [-0.05, 0) is 61.5 Å². The van der Waals surface area contributed by atoms with Crippen LogP contribution in [0.2, 0.25) is 0 Å². The van der Waals surface area contributed by atoms with Gasteiger partial charge in [0.1, 0.15) is 5.75 Å². The van der Waals surface area contributed by atoms with Crippen LogP contribution in [0.5, 0.6) is 5.75 Å². The summed E-state index contributed by atoms with van der Waals surface area (Å²) < 4.78 is 5.41. The number of hydrogen-bond acceptors (Lipinski definition) is 4. The zero-order valence-corrected chi connectivity index (χ0v) is 14.4. The van der Waals surface area contributed by atoms with Crippen LogP contribution in [0.15, 0.2) is 35.7 Å². The fraction of sp³-hybridized carbons (Fsp3) is 0.389. The summed E-state index contributed by atoms with van der Waals surface area (Å²) in [5, 5.41) is 5.11. The standard InChI is InChI=1S/C18H22N2O2S/c1-3-22-15-6-4-14(5-7-15)19-18(21)12-20-10-8-17-16(13(20)2)9-11-23-17/h4-7,9,11,13H,3,8,10,12H2,1-2H3,(H,19,21)/t13-/m0/s1. The lowest BCUT2D eigenvalue weighted by Crippen LogP contribution is -2.39. The molecule has 0 spiro atoms. The molecule has 1 aliphatic heterocycles. The van der Waals surface area contributed by atoms with E-state index in [0.717, 1.165) is 24.4 Å². The van der Waals surface area contributed by atoms with E-state index in [1.165, 1.54) is 10.4 Å². The number of anilines is 1. The Morgan fingerprint density at radius 1 is 1.35 bits per heavy atom. The van der Waals surface area contributed by atoms with Crippen LogP contribution in [-0.4, -0.2) is 30.5 Å². The minimum absolute atomic E-state index is 0.0275. The summed E-state index contributed by atoms with van der Waals surface area (Å²) in [7, 11) is 0. The van der Waals surface area contributed by atoms with Gasteiger partial charge in [-0.3, -0.25) is 9.69 Å². The van der Waals surface area contributed by atoms with Crippen LogP contribution < -0.4 is 10.1 Å².